The molecular formula is C18H21NOS. The molecule has 3 heteroatoms. The Morgan fingerprint density at radius 3 is 2.24 bits per heavy atom. The first-order valence-electron chi connectivity index (χ1n) is 7.20. The van der Waals surface area contributed by atoms with E-state index in [4.69, 9.17) is 0 Å². The number of amides is 1. The minimum absolute atomic E-state index is 0.0729. The monoisotopic (exact) mass is 299 g/mol. The van der Waals surface area contributed by atoms with Crippen LogP contribution in [0.4, 0.5) is 5.69 Å². The molecular weight excluding hydrogens is 278 g/mol. The Bertz CT molecular complexity index is 590. The summed E-state index contributed by atoms with van der Waals surface area (Å²) in [5.74, 6) is 0.0729. The van der Waals surface area contributed by atoms with Gasteiger partial charge < -0.3 is 5.32 Å². The number of nitrogens with one attached hydrogen (secondary N) is 1. The van der Waals surface area contributed by atoms with E-state index in [1.54, 1.807) is 11.8 Å². The lowest BCUT2D eigenvalue weighted by molar-refractivity contribution is -0.115. The molecule has 0 radical (unpaired) electrons. The molecule has 0 saturated heterocycles. The Morgan fingerprint density at radius 1 is 1.05 bits per heavy atom. The van der Waals surface area contributed by atoms with Gasteiger partial charge >= 0.3 is 0 Å². The Kier molecular flexibility index (Phi) is 5.45. The lowest BCUT2D eigenvalue weighted by Crippen LogP contribution is -2.25. The van der Waals surface area contributed by atoms with Crippen LogP contribution in [0.15, 0.2) is 53.4 Å². The fourth-order valence-electron chi connectivity index (χ4n) is 2.20. The van der Waals surface area contributed by atoms with Gasteiger partial charge in [0.05, 0.1) is 5.25 Å². The molecule has 110 valence electrons. The standard InChI is InChI=1S/C18H21NOS/c1-4-16(21-15-11-6-5-7-12-15)18(20)19-17-13(2)9-8-10-14(17)3/h5-12,16H,4H2,1-3H3,(H,19,20). The molecule has 0 saturated carbocycles. The molecule has 0 heterocycles. The summed E-state index contributed by atoms with van der Waals surface area (Å²) in [7, 11) is 0. The molecule has 2 rings (SSSR count). The van der Waals surface area contributed by atoms with Gasteiger partial charge in [-0.05, 0) is 43.5 Å². The van der Waals surface area contributed by atoms with Gasteiger partial charge in [-0.15, -0.1) is 11.8 Å². The van der Waals surface area contributed by atoms with Gasteiger partial charge in [0, 0.05) is 10.6 Å². The molecule has 1 unspecified atom stereocenters. The summed E-state index contributed by atoms with van der Waals surface area (Å²) in [6.07, 6.45) is 0.802. The van der Waals surface area contributed by atoms with Gasteiger partial charge in [-0.1, -0.05) is 43.3 Å². The van der Waals surface area contributed by atoms with Gasteiger partial charge in [-0.3, -0.25) is 4.79 Å². The van der Waals surface area contributed by atoms with Crippen molar-refractivity contribution in [2.24, 2.45) is 0 Å². The molecule has 1 N–H and O–H groups in total. The number of thioether (sulfide) groups is 1. The van der Waals surface area contributed by atoms with E-state index in [9.17, 15) is 4.79 Å². The van der Waals surface area contributed by atoms with Gasteiger partial charge in [0.1, 0.15) is 0 Å². The van der Waals surface area contributed by atoms with Crippen molar-refractivity contribution in [3.8, 4) is 0 Å². The third-order valence-corrected chi connectivity index (χ3v) is 4.79. The zero-order valence-electron chi connectivity index (χ0n) is 12.7. The third kappa shape index (κ3) is 4.11. The van der Waals surface area contributed by atoms with Gasteiger partial charge in [0.2, 0.25) is 5.91 Å². The van der Waals surface area contributed by atoms with Gasteiger partial charge in [-0.25, -0.2) is 0 Å². The number of carbonyl (C=O) groups excluding carboxylic acids is 1. The van der Waals surface area contributed by atoms with Crippen molar-refractivity contribution >= 4 is 23.4 Å². The highest BCUT2D eigenvalue weighted by atomic mass is 32.2. The number of hydrogen-bond donors (Lipinski definition) is 1. The molecule has 1 atom stereocenters. The molecule has 21 heavy (non-hydrogen) atoms. The molecule has 0 aromatic heterocycles. The van der Waals surface area contributed by atoms with Crippen molar-refractivity contribution in [3.63, 3.8) is 0 Å². The number of rotatable bonds is 5. The highest BCUT2D eigenvalue weighted by Gasteiger charge is 2.19. The maximum Gasteiger partial charge on any atom is 0.237 e. The molecule has 0 aliphatic rings. The minimum Gasteiger partial charge on any atom is -0.325 e. The molecule has 2 aromatic carbocycles. The van der Waals surface area contributed by atoms with E-state index in [-0.39, 0.29) is 11.2 Å². The van der Waals surface area contributed by atoms with Gasteiger partial charge in [0.15, 0.2) is 0 Å². The van der Waals surface area contributed by atoms with Crippen LogP contribution in [0.25, 0.3) is 0 Å². The summed E-state index contributed by atoms with van der Waals surface area (Å²) in [6, 6.07) is 16.1. The lowest BCUT2D eigenvalue weighted by atomic mass is 10.1. The molecule has 0 bridgehead atoms. The molecule has 2 aromatic rings. The zero-order chi connectivity index (χ0) is 15.2. The van der Waals surface area contributed by atoms with Crippen LogP contribution in [0.2, 0.25) is 0 Å². The molecule has 0 aliphatic carbocycles. The number of aryl methyl sites for hydroxylation is 2. The normalized spacial score (nSPS) is 12.0. The first-order chi connectivity index (χ1) is 10.1. The van der Waals surface area contributed by atoms with Crippen LogP contribution in [0, 0.1) is 13.8 Å². The molecule has 1 amide bonds. The Hall–Kier alpha value is -1.74. The predicted molar refractivity (Wildman–Crippen MR) is 90.9 cm³/mol. The fraction of sp³-hybridized carbons (Fsp3) is 0.278. The van der Waals surface area contributed by atoms with E-state index in [0.29, 0.717) is 0 Å². The zero-order valence-corrected chi connectivity index (χ0v) is 13.5. The van der Waals surface area contributed by atoms with Crippen molar-refractivity contribution in [1.29, 1.82) is 0 Å². The fourth-order valence-corrected chi connectivity index (χ4v) is 3.18. The van der Waals surface area contributed by atoms with Gasteiger partial charge in [0.25, 0.3) is 0 Å². The SMILES string of the molecule is CCC(Sc1ccccc1)C(=O)Nc1c(C)cccc1C. The Balaban J connectivity index is 2.10. The summed E-state index contributed by atoms with van der Waals surface area (Å²) < 4.78 is 0. The number of hydrogen-bond acceptors (Lipinski definition) is 2. The van der Waals surface area contributed by atoms with Crippen molar-refractivity contribution in [1.82, 2.24) is 0 Å². The van der Waals surface area contributed by atoms with E-state index < -0.39 is 0 Å². The first kappa shape index (κ1) is 15.6. The summed E-state index contributed by atoms with van der Waals surface area (Å²) >= 11 is 1.62. The number of carbonyl (C=O) groups is 1. The number of benzene rings is 2. The average Bonchev–Trinajstić information content (AvgIpc) is 2.49. The van der Waals surface area contributed by atoms with Crippen LogP contribution in [0.1, 0.15) is 24.5 Å². The maximum atomic E-state index is 12.5. The second-order valence-electron chi connectivity index (χ2n) is 5.08. The molecule has 0 fully saturated rings. The topological polar surface area (TPSA) is 29.1 Å². The second-order valence-corrected chi connectivity index (χ2v) is 6.36. The van der Waals surface area contributed by atoms with Gasteiger partial charge in [-0.2, -0.15) is 0 Å². The second kappa shape index (κ2) is 7.32. The lowest BCUT2D eigenvalue weighted by Gasteiger charge is -2.17. The van der Waals surface area contributed by atoms with E-state index in [0.717, 1.165) is 28.1 Å². The molecule has 2 nitrogen and oxygen atoms in total. The van der Waals surface area contributed by atoms with Crippen LogP contribution in [-0.2, 0) is 4.79 Å². The van der Waals surface area contributed by atoms with E-state index in [1.165, 1.54) is 0 Å². The average molecular weight is 299 g/mol. The number of para-hydroxylation sites is 1. The Labute approximate surface area is 131 Å². The van der Waals surface area contributed by atoms with E-state index in [1.807, 2.05) is 69.3 Å². The summed E-state index contributed by atoms with van der Waals surface area (Å²) in [4.78, 5) is 13.6. The quantitative estimate of drug-likeness (QED) is 0.802. The van der Waals surface area contributed by atoms with E-state index in [2.05, 4.69) is 5.32 Å². The third-order valence-electron chi connectivity index (χ3n) is 3.41. The predicted octanol–water partition coefficient (Wildman–Crippen LogP) is 4.81. The smallest absolute Gasteiger partial charge is 0.237 e. The van der Waals surface area contributed by atoms with Crippen LogP contribution in [0.5, 0.6) is 0 Å². The van der Waals surface area contributed by atoms with Crippen LogP contribution >= 0.6 is 11.8 Å². The van der Waals surface area contributed by atoms with E-state index >= 15 is 0 Å². The maximum absolute atomic E-state index is 12.5. The summed E-state index contributed by atoms with van der Waals surface area (Å²) in [6.45, 7) is 6.09. The van der Waals surface area contributed by atoms with Crippen LogP contribution in [0.3, 0.4) is 0 Å². The van der Waals surface area contributed by atoms with Crippen molar-refractivity contribution in [2.45, 2.75) is 37.3 Å². The largest absolute Gasteiger partial charge is 0.325 e. The molecule has 0 spiro atoms. The van der Waals surface area contributed by atoms with Crippen molar-refractivity contribution in [2.75, 3.05) is 5.32 Å². The Morgan fingerprint density at radius 2 is 1.67 bits per heavy atom. The minimum atomic E-state index is -0.0774. The van der Waals surface area contributed by atoms with Crippen LogP contribution < -0.4 is 5.32 Å². The number of anilines is 1. The van der Waals surface area contributed by atoms with Crippen molar-refractivity contribution < 1.29 is 4.79 Å². The van der Waals surface area contributed by atoms with Crippen LogP contribution in [-0.4, -0.2) is 11.2 Å². The highest BCUT2D eigenvalue weighted by molar-refractivity contribution is 8.00. The summed E-state index contributed by atoms with van der Waals surface area (Å²) in [5.41, 5.74) is 3.14. The van der Waals surface area contributed by atoms with Crippen molar-refractivity contribution in [3.05, 3.63) is 59.7 Å². The highest BCUT2D eigenvalue weighted by Crippen LogP contribution is 2.27. The first-order valence-corrected chi connectivity index (χ1v) is 8.08. The molecule has 0 aliphatic heterocycles. The summed E-state index contributed by atoms with van der Waals surface area (Å²) in [5, 5.41) is 3.01.